The highest BCUT2D eigenvalue weighted by atomic mass is 16.6. The lowest BCUT2D eigenvalue weighted by Crippen LogP contribution is -2.52. The lowest BCUT2D eigenvalue weighted by molar-refractivity contribution is -0.127. The number of tetrazole rings is 1. The second-order valence-corrected chi connectivity index (χ2v) is 12.7. The molecule has 0 unspecified atom stereocenters. The number of alkyl carbamates (subject to hydrolysis) is 1. The van der Waals surface area contributed by atoms with Crippen molar-refractivity contribution < 1.29 is 19.1 Å². The van der Waals surface area contributed by atoms with Gasteiger partial charge in [0.05, 0.1) is 0 Å². The van der Waals surface area contributed by atoms with Gasteiger partial charge in [0.25, 0.3) is 0 Å². The number of carbonyl (C=O) groups is 3. The van der Waals surface area contributed by atoms with Crippen molar-refractivity contribution in [1.29, 1.82) is 0 Å². The van der Waals surface area contributed by atoms with Crippen LogP contribution in [0, 0.1) is 11.8 Å². The molecule has 1 saturated carbocycles. The molecule has 2 aromatic carbocycles. The van der Waals surface area contributed by atoms with Crippen LogP contribution in [0.2, 0.25) is 0 Å². The maximum atomic E-state index is 14.3. The number of hydrogen-bond acceptors (Lipinski definition) is 9. The Bertz CT molecular complexity index is 1720. The minimum Gasteiger partial charge on any atom is -0.444 e. The highest BCUT2D eigenvalue weighted by Crippen LogP contribution is 2.33. The summed E-state index contributed by atoms with van der Waals surface area (Å²) in [6, 6.07) is 13.5. The van der Waals surface area contributed by atoms with Crippen molar-refractivity contribution in [3.63, 3.8) is 0 Å². The van der Waals surface area contributed by atoms with Crippen LogP contribution >= 0.6 is 0 Å². The van der Waals surface area contributed by atoms with Crippen LogP contribution in [0.5, 0.6) is 0 Å². The van der Waals surface area contributed by atoms with Gasteiger partial charge in [-0.25, -0.2) is 14.6 Å². The number of nitrogens with zero attached hydrogens (tertiary/aromatic N) is 5. The molecule has 246 valence electrons. The largest absolute Gasteiger partial charge is 0.444 e. The summed E-state index contributed by atoms with van der Waals surface area (Å²) in [6.45, 7) is 5.90. The van der Waals surface area contributed by atoms with Gasteiger partial charge in [-0.15, -0.1) is 10.2 Å². The number of anilines is 1. The topological polar surface area (TPSA) is 202 Å². The van der Waals surface area contributed by atoms with Gasteiger partial charge in [-0.05, 0) is 93.0 Å². The smallest absolute Gasteiger partial charge is 0.407 e. The Balaban J connectivity index is 1.37. The summed E-state index contributed by atoms with van der Waals surface area (Å²) in [5.41, 5.74) is 8.45. The highest BCUT2D eigenvalue weighted by Gasteiger charge is 2.36. The number of ether oxygens (including phenoxy) is 1. The van der Waals surface area contributed by atoms with E-state index in [0.717, 1.165) is 24.0 Å². The van der Waals surface area contributed by atoms with Crippen LogP contribution in [0.15, 0.2) is 65.7 Å². The first-order valence-electron chi connectivity index (χ1n) is 15.5. The SMILES string of the molecule is CC(C)(C)OC(=O)NCC1CCC(C(=O)N(c2ccc(-c3nn[nH]n3)cc2)[C@@H](Cc2cccc(-c3cnc(=O)[nH]c3)c2)C(N)=O)CC1. The molecule has 5 N–H and O–H groups in total. The van der Waals surface area contributed by atoms with Crippen LogP contribution in [-0.4, -0.2) is 66.7 Å². The molecule has 0 saturated heterocycles. The molecular formula is C33H39N9O5. The van der Waals surface area contributed by atoms with E-state index in [1.54, 1.807) is 30.5 Å². The molecule has 0 bridgehead atoms. The van der Waals surface area contributed by atoms with E-state index in [2.05, 4.69) is 35.9 Å². The Morgan fingerprint density at radius 2 is 1.79 bits per heavy atom. The fourth-order valence-corrected chi connectivity index (χ4v) is 5.79. The van der Waals surface area contributed by atoms with Crippen LogP contribution < -0.4 is 21.6 Å². The third-order valence-electron chi connectivity index (χ3n) is 8.12. The van der Waals surface area contributed by atoms with Gasteiger partial charge in [0.2, 0.25) is 17.6 Å². The van der Waals surface area contributed by atoms with E-state index in [0.29, 0.717) is 42.0 Å². The number of carbonyl (C=O) groups excluding carboxylic acids is 3. The van der Waals surface area contributed by atoms with Gasteiger partial charge in [-0.3, -0.25) is 14.5 Å². The number of aromatic amines is 2. The first kappa shape index (κ1) is 33.0. The number of nitrogens with one attached hydrogen (secondary N) is 3. The molecule has 14 nitrogen and oxygen atoms in total. The van der Waals surface area contributed by atoms with Gasteiger partial charge in [-0.1, -0.05) is 24.3 Å². The summed E-state index contributed by atoms with van der Waals surface area (Å²) in [5.74, 6) is -0.586. The first-order valence-corrected chi connectivity index (χ1v) is 15.5. The standard InChI is InChI=1S/C33H39N9O5/c1-33(2,3)47-32(46)37-17-20-7-9-23(10-8-20)30(44)42(26-13-11-22(12-14-26)29-38-40-41-39-29)27(28(34)43)16-21-5-4-6-24(15-21)25-18-35-31(45)36-19-25/h4-6,11-15,18-20,23,27H,7-10,16-17H2,1-3H3,(H2,34,43)(H,37,46)(H,35,36,45)(H,38,39,40,41)/t20?,23?,27-/m0/s1. The molecule has 4 aromatic rings. The number of hydrogen-bond donors (Lipinski definition) is 4. The van der Waals surface area contributed by atoms with Crippen LogP contribution in [-0.2, 0) is 20.7 Å². The van der Waals surface area contributed by atoms with Crippen molar-refractivity contribution in [1.82, 2.24) is 35.9 Å². The molecule has 2 aromatic heterocycles. The number of amides is 3. The fourth-order valence-electron chi connectivity index (χ4n) is 5.79. The summed E-state index contributed by atoms with van der Waals surface area (Å²) in [4.78, 5) is 59.0. The molecule has 47 heavy (non-hydrogen) atoms. The Morgan fingerprint density at radius 3 is 2.40 bits per heavy atom. The molecule has 2 heterocycles. The second-order valence-electron chi connectivity index (χ2n) is 12.7. The lowest BCUT2D eigenvalue weighted by atomic mass is 9.81. The summed E-state index contributed by atoms with van der Waals surface area (Å²) in [7, 11) is 0. The van der Waals surface area contributed by atoms with E-state index < -0.39 is 29.3 Å². The van der Waals surface area contributed by atoms with Crippen molar-refractivity contribution in [3.05, 3.63) is 77.0 Å². The van der Waals surface area contributed by atoms with Gasteiger partial charge < -0.3 is 20.8 Å². The van der Waals surface area contributed by atoms with Crippen LogP contribution in [0.3, 0.4) is 0 Å². The summed E-state index contributed by atoms with van der Waals surface area (Å²) >= 11 is 0. The Hall–Kier alpha value is -5.40. The molecule has 0 radical (unpaired) electrons. The Kier molecular flexibility index (Phi) is 10.1. The maximum absolute atomic E-state index is 14.3. The van der Waals surface area contributed by atoms with Crippen molar-refractivity contribution in [2.75, 3.05) is 11.4 Å². The van der Waals surface area contributed by atoms with E-state index in [-0.39, 0.29) is 24.2 Å². The number of benzene rings is 2. The molecule has 0 aliphatic heterocycles. The number of aromatic nitrogens is 6. The molecule has 1 atom stereocenters. The molecule has 14 heteroatoms. The quantitative estimate of drug-likeness (QED) is 0.200. The second kappa shape index (κ2) is 14.4. The summed E-state index contributed by atoms with van der Waals surface area (Å²) < 4.78 is 5.35. The van der Waals surface area contributed by atoms with Crippen LogP contribution in [0.25, 0.3) is 22.5 Å². The zero-order chi connectivity index (χ0) is 33.6. The number of nitrogens with two attached hydrogens (primary N) is 1. The van der Waals surface area contributed by atoms with Gasteiger partial charge in [-0.2, -0.15) is 5.21 Å². The summed E-state index contributed by atoms with van der Waals surface area (Å²) in [5, 5.41) is 16.9. The zero-order valence-corrected chi connectivity index (χ0v) is 26.6. The van der Waals surface area contributed by atoms with E-state index in [9.17, 15) is 19.2 Å². The van der Waals surface area contributed by atoms with E-state index >= 15 is 0 Å². The van der Waals surface area contributed by atoms with Crippen LogP contribution in [0.4, 0.5) is 10.5 Å². The average molecular weight is 642 g/mol. The number of rotatable bonds is 10. The van der Waals surface area contributed by atoms with Gasteiger partial charge >= 0.3 is 11.8 Å². The molecular weight excluding hydrogens is 602 g/mol. The highest BCUT2D eigenvalue weighted by molar-refractivity contribution is 6.01. The number of H-pyrrole nitrogens is 2. The van der Waals surface area contributed by atoms with E-state index in [1.165, 1.54) is 11.1 Å². The third-order valence-corrected chi connectivity index (χ3v) is 8.12. The minimum atomic E-state index is -0.992. The molecule has 1 aliphatic carbocycles. The van der Waals surface area contributed by atoms with Gasteiger partial charge in [0.1, 0.15) is 11.6 Å². The predicted octanol–water partition coefficient (Wildman–Crippen LogP) is 3.38. The summed E-state index contributed by atoms with van der Waals surface area (Å²) in [6.07, 6.45) is 5.39. The zero-order valence-electron chi connectivity index (χ0n) is 26.6. The third kappa shape index (κ3) is 8.66. The van der Waals surface area contributed by atoms with Crippen molar-refractivity contribution in [2.45, 2.75) is 64.5 Å². The Morgan fingerprint density at radius 1 is 1.04 bits per heavy atom. The fraction of sp³-hybridized carbons (Fsp3) is 0.394. The molecule has 1 fully saturated rings. The van der Waals surface area contributed by atoms with Crippen molar-refractivity contribution in [3.8, 4) is 22.5 Å². The lowest BCUT2D eigenvalue weighted by Gasteiger charge is -2.36. The van der Waals surface area contributed by atoms with Gasteiger partial charge in [0.15, 0.2) is 0 Å². The normalized spacial score (nSPS) is 17.0. The first-order chi connectivity index (χ1) is 22.5. The van der Waals surface area contributed by atoms with Crippen LogP contribution in [0.1, 0.15) is 52.0 Å². The molecule has 5 rings (SSSR count). The maximum Gasteiger partial charge on any atom is 0.407 e. The Labute approximate surface area is 271 Å². The average Bonchev–Trinajstić information content (AvgIpc) is 3.59. The van der Waals surface area contributed by atoms with E-state index in [1.807, 2.05) is 45.0 Å². The van der Waals surface area contributed by atoms with Gasteiger partial charge in [0, 0.05) is 48.1 Å². The molecule has 3 amide bonds. The molecule has 0 spiro atoms. The van der Waals surface area contributed by atoms with Crippen molar-refractivity contribution in [2.24, 2.45) is 17.6 Å². The van der Waals surface area contributed by atoms with E-state index in [4.69, 9.17) is 10.5 Å². The number of primary amides is 1. The predicted molar refractivity (Wildman–Crippen MR) is 174 cm³/mol. The monoisotopic (exact) mass is 641 g/mol. The minimum absolute atomic E-state index is 0.160. The molecule has 1 aliphatic rings. The van der Waals surface area contributed by atoms with Crippen molar-refractivity contribution >= 4 is 23.6 Å².